The van der Waals surface area contributed by atoms with E-state index in [1.807, 2.05) is 24.3 Å². The van der Waals surface area contributed by atoms with E-state index in [2.05, 4.69) is 34.6 Å². The van der Waals surface area contributed by atoms with E-state index < -0.39 is 6.10 Å². The number of nitrogens with one attached hydrogen (secondary N) is 2. The molecule has 6 heteroatoms. The molecule has 1 atom stereocenters. The molecule has 0 spiro atoms. The molecule has 0 radical (unpaired) electrons. The van der Waals surface area contributed by atoms with E-state index in [0.717, 1.165) is 0 Å². The third-order valence-corrected chi connectivity index (χ3v) is 2.90. The zero-order valence-electron chi connectivity index (χ0n) is 11.8. The molecule has 1 heterocycles. The standard InChI is InChI=1S/C14H18N4O2/c1-9(2)11-4-6-12(7-5-11)20-10(3)14(19)16-13-8-15-18-17-13/h4-10H,1-3H3,(H2,15,16,17,18,19). The summed E-state index contributed by atoms with van der Waals surface area (Å²) < 4.78 is 5.59. The fraction of sp³-hybridized carbons (Fsp3) is 0.357. The highest BCUT2D eigenvalue weighted by Gasteiger charge is 2.15. The molecule has 2 N–H and O–H groups in total. The molecule has 0 aliphatic carbocycles. The van der Waals surface area contributed by atoms with E-state index in [0.29, 0.717) is 17.5 Å². The third kappa shape index (κ3) is 3.57. The van der Waals surface area contributed by atoms with Crippen LogP contribution in [0.15, 0.2) is 30.5 Å². The summed E-state index contributed by atoms with van der Waals surface area (Å²) >= 11 is 0. The van der Waals surface area contributed by atoms with Crippen molar-refractivity contribution < 1.29 is 9.53 Å². The van der Waals surface area contributed by atoms with Gasteiger partial charge in [-0.05, 0) is 30.5 Å². The van der Waals surface area contributed by atoms with Crippen molar-refractivity contribution >= 4 is 11.7 Å². The molecule has 106 valence electrons. The Balaban J connectivity index is 1.93. The van der Waals surface area contributed by atoms with Gasteiger partial charge in [0.15, 0.2) is 11.9 Å². The van der Waals surface area contributed by atoms with Crippen LogP contribution in [0.5, 0.6) is 5.75 Å². The van der Waals surface area contributed by atoms with Crippen LogP contribution in [0.2, 0.25) is 0 Å². The monoisotopic (exact) mass is 274 g/mol. The van der Waals surface area contributed by atoms with Gasteiger partial charge in [0.25, 0.3) is 5.91 Å². The van der Waals surface area contributed by atoms with Crippen LogP contribution in [0.25, 0.3) is 0 Å². The molecule has 1 unspecified atom stereocenters. The molecule has 0 saturated carbocycles. The Labute approximate surface area is 117 Å². The van der Waals surface area contributed by atoms with E-state index in [4.69, 9.17) is 4.74 Å². The summed E-state index contributed by atoms with van der Waals surface area (Å²) in [7, 11) is 0. The van der Waals surface area contributed by atoms with Crippen LogP contribution in [-0.2, 0) is 4.79 Å². The summed E-state index contributed by atoms with van der Waals surface area (Å²) in [5.74, 6) is 1.24. The second-order valence-corrected chi connectivity index (χ2v) is 4.83. The van der Waals surface area contributed by atoms with Gasteiger partial charge in [-0.2, -0.15) is 10.3 Å². The number of carbonyl (C=O) groups is 1. The average molecular weight is 274 g/mol. The molecule has 0 saturated heterocycles. The fourth-order valence-electron chi connectivity index (χ4n) is 1.68. The number of benzene rings is 1. The summed E-state index contributed by atoms with van der Waals surface area (Å²) in [6, 6.07) is 7.74. The maximum Gasteiger partial charge on any atom is 0.266 e. The first-order valence-corrected chi connectivity index (χ1v) is 6.49. The minimum atomic E-state index is -0.614. The van der Waals surface area contributed by atoms with Crippen LogP contribution in [-0.4, -0.2) is 27.4 Å². The molecule has 0 bridgehead atoms. The first-order valence-electron chi connectivity index (χ1n) is 6.49. The number of anilines is 1. The van der Waals surface area contributed by atoms with Crippen molar-refractivity contribution in [2.45, 2.75) is 32.8 Å². The highest BCUT2D eigenvalue weighted by Crippen LogP contribution is 2.19. The molecular formula is C14H18N4O2. The second-order valence-electron chi connectivity index (χ2n) is 4.83. The summed E-state index contributed by atoms with van der Waals surface area (Å²) in [5, 5.41) is 12.4. The van der Waals surface area contributed by atoms with Gasteiger partial charge < -0.3 is 10.1 Å². The van der Waals surface area contributed by atoms with E-state index in [-0.39, 0.29) is 5.91 Å². The van der Waals surface area contributed by atoms with Gasteiger partial charge >= 0.3 is 0 Å². The number of carbonyl (C=O) groups excluding carboxylic acids is 1. The van der Waals surface area contributed by atoms with Gasteiger partial charge in [0.2, 0.25) is 0 Å². The highest BCUT2D eigenvalue weighted by atomic mass is 16.5. The van der Waals surface area contributed by atoms with E-state index in [9.17, 15) is 4.79 Å². The highest BCUT2D eigenvalue weighted by molar-refractivity contribution is 5.93. The van der Waals surface area contributed by atoms with Crippen LogP contribution >= 0.6 is 0 Å². The Kier molecular flexibility index (Phi) is 4.34. The fourth-order valence-corrected chi connectivity index (χ4v) is 1.68. The van der Waals surface area contributed by atoms with Crippen molar-refractivity contribution in [2.75, 3.05) is 5.32 Å². The minimum absolute atomic E-state index is 0.271. The Bertz CT molecular complexity index is 549. The van der Waals surface area contributed by atoms with Crippen molar-refractivity contribution in [3.63, 3.8) is 0 Å². The van der Waals surface area contributed by atoms with Crippen molar-refractivity contribution in [3.8, 4) is 5.75 Å². The summed E-state index contributed by atoms with van der Waals surface area (Å²) in [4.78, 5) is 11.9. The number of nitrogens with zero attached hydrogens (tertiary/aromatic N) is 2. The van der Waals surface area contributed by atoms with Gasteiger partial charge in [0, 0.05) is 0 Å². The summed E-state index contributed by atoms with van der Waals surface area (Å²) in [6.07, 6.45) is 0.818. The predicted octanol–water partition coefficient (Wildman–Crippen LogP) is 2.33. The van der Waals surface area contributed by atoms with E-state index >= 15 is 0 Å². The van der Waals surface area contributed by atoms with Crippen LogP contribution in [0.1, 0.15) is 32.3 Å². The molecule has 2 rings (SSSR count). The Morgan fingerprint density at radius 1 is 1.25 bits per heavy atom. The zero-order chi connectivity index (χ0) is 14.5. The van der Waals surface area contributed by atoms with E-state index in [1.54, 1.807) is 6.92 Å². The van der Waals surface area contributed by atoms with Gasteiger partial charge in [-0.3, -0.25) is 4.79 Å². The molecule has 20 heavy (non-hydrogen) atoms. The predicted molar refractivity (Wildman–Crippen MR) is 75.6 cm³/mol. The van der Waals surface area contributed by atoms with Crippen molar-refractivity contribution in [1.29, 1.82) is 0 Å². The first kappa shape index (κ1) is 14.0. The van der Waals surface area contributed by atoms with Gasteiger partial charge in [0.1, 0.15) is 5.75 Å². The Morgan fingerprint density at radius 3 is 2.50 bits per heavy atom. The number of amides is 1. The number of rotatable bonds is 5. The lowest BCUT2D eigenvalue weighted by Crippen LogP contribution is -2.30. The van der Waals surface area contributed by atoms with Crippen LogP contribution in [0.3, 0.4) is 0 Å². The smallest absolute Gasteiger partial charge is 0.266 e. The molecule has 0 aliphatic heterocycles. The molecule has 2 aromatic rings. The Morgan fingerprint density at radius 2 is 1.95 bits per heavy atom. The van der Waals surface area contributed by atoms with Gasteiger partial charge in [-0.1, -0.05) is 26.0 Å². The SMILES string of the molecule is CC(Oc1ccc(C(C)C)cc1)C(=O)Nc1cn[nH]n1. The number of aromatic amines is 1. The zero-order valence-corrected chi connectivity index (χ0v) is 11.8. The lowest BCUT2D eigenvalue weighted by molar-refractivity contribution is -0.122. The van der Waals surface area contributed by atoms with Gasteiger partial charge in [-0.25, -0.2) is 0 Å². The summed E-state index contributed by atoms with van der Waals surface area (Å²) in [5.41, 5.74) is 1.23. The molecule has 6 nitrogen and oxygen atoms in total. The van der Waals surface area contributed by atoms with Crippen LogP contribution in [0, 0.1) is 0 Å². The molecule has 0 aliphatic rings. The van der Waals surface area contributed by atoms with Crippen molar-refractivity contribution in [2.24, 2.45) is 0 Å². The number of hydrogen-bond donors (Lipinski definition) is 2. The lowest BCUT2D eigenvalue weighted by atomic mass is 10.0. The maximum absolute atomic E-state index is 11.9. The molecular weight excluding hydrogens is 256 g/mol. The van der Waals surface area contributed by atoms with Gasteiger partial charge in [-0.15, -0.1) is 5.10 Å². The lowest BCUT2D eigenvalue weighted by Gasteiger charge is -2.14. The maximum atomic E-state index is 11.9. The minimum Gasteiger partial charge on any atom is -0.481 e. The molecule has 1 amide bonds. The van der Waals surface area contributed by atoms with Crippen LogP contribution in [0.4, 0.5) is 5.82 Å². The third-order valence-electron chi connectivity index (χ3n) is 2.90. The quantitative estimate of drug-likeness (QED) is 0.877. The average Bonchev–Trinajstić information content (AvgIpc) is 2.92. The molecule has 1 aromatic heterocycles. The topological polar surface area (TPSA) is 79.9 Å². The van der Waals surface area contributed by atoms with Gasteiger partial charge in [0.05, 0.1) is 6.20 Å². The number of H-pyrrole nitrogens is 1. The normalized spacial score (nSPS) is 12.2. The number of aromatic nitrogens is 3. The second kappa shape index (κ2) is 6.18. The number of ether oxygens (including phenoxy) is 1. The number of hydrogen-bond acceptors (Lipinski definition) is 4. The molecule has 0 fully saturated rings. The summed E-state index contributed by atoms with van der Waals surface area (Å²) in [6.45, 7) is 5.94. The van der Waals surface area contributed by atoms with Crippen molar-refractivity contribution in [3.05, 3.63) is 36.0 Å². The van der Waals surface area contributed by atoms with E-state index in [1.165, 1.54) is 11.8 Å². The van der Waals surface area contributed by atoms with Crippen LogP contribution < -0.4 is 10.1 Å². The molecule has 1 aromatic carbocycles. The van der Waals surface area contributed by atoms with Crippen molar-refractivity contribution in [1.82, 2.24) is 15.4 Å². The Hall–Kier alpha value is -2.37. The largest absolute Gasteiger partial charge is 0.481 e. The first-order chi connectivity index (χ1) is 9.56.